The van der Waals surface area contributed by atoms with Crippen molar-refractivity contribution in [2.24, 2.45) is 0 Å². The zero-order valence-corrected chi connectivity index (χ0v) is 13.4. The molecule has 6 nitrogen and oxygen atoms in total. The SMILES string of the molecule is O=C(NCCNc1cccc2ccccc12)c1cccc([N+](=O)[O-])c1. The average Bonchev–Trinajstić information content (AvgIpc) is 2.65. The Labute approximate surface area is 144 Å². The minimum atomic E-state index is -0.515. The number of nitrogens with zero attached hydrogens (tertiary/aromatic N) is 1. The number of amides is 1. The molecule has 1 amide bonds. The van der Waals surface area contributed by atoms with Crippen LogP contribution in [0.3, 0.4) is 0 Å². The number of hydrogen-bond donors (Lipinski definition) is 2. The van der Waals surface area contributed by atoms with E-state index in [1.807, 2.05) is 42.5 Å². The lowest BCUT2D eigenvalue weighted by molar-refractivity contribution is -0.384. The van der Waals surface area contributed by atoms with Gasteiger partial charge in [-0.25, -0.2) is 0 Å². The van der Waals surface area contributed by atoms with Crippen molar-refractivity contribution in [1.29, 1.82) is 0 Å². The number of carbonyl (C=O) groups excluding carboxylic acids is 1. The molecule has 0 radical (unpaired) electrons. The van der Waals surface area contributed by atoms with Crippen LogP contribution < -0.4 is 10.6 Å². The molecule has 0 aliphatic carbocycles. The molecular formula is C19H17N3O3. The van der Waals surface area contributed by atoms with E-state index >= 15 is 0 Å². The number of non-ortho nitro benzene ring substituents is 1. The molecule has 0 heterocycles. The van der Waals surface area contributed by atoms with Gasteiger partial charge in [0.2, 0.25) is 0 Å². The third-order valence-electron chi connectivity index (χ3n) is 3.83. The van der Waals surface area contributed by atoms with E-state index in [1.165, 1.54) is 18.2 Å². The van der Waals surface area contributed by atoms with E-state index in [0.717, 1.165) is 16.5 Å². The van der Waals surface area contributed by atoms with Gasteiger partial charge < -0.3 is 10.6 Å². The van der Waals surface area contributed by atoms with Gasteiger partial charge in [0.25, 0.3) is 11.6 Å². The first-order valence-electron chi connectivity index (χ1n) is 7.89. The van der Waals surface area contributed by atoms with E-state index in [9.17, 15) is 14.9 Å². The summed E-state index contributed by atoms with van der Waals surface area (Å²) in [5.41, 5.74) is 1.18. The van der Waals surface area contributed by atoms with Crippen molar-refractivity contribution in [3.8, 4) is 0 Å². The Balaban J connectivity index is 1.57. The molecule has 0 saturated carbocycles. The summed E-state index contributed by atoms with van der Waals surface area (Å²) in [4.78, 5) is 22.3. The summed E-state index contributed by atoms with van der Waals surface area (Å²) in [5, 5.41) is 19.1. The minimum absolute atomic E-state index is 0.0958. The summed E-state index contributed by atoms with van der Waals surface area (Å²) in [6, 6.07) is 19.8. The number of nitrogens with one attached hydrogen (secondary N) is 2. The molecule has 126 valence electrons. The largest absolute Gasteiger partial charge is 0.383 e. The van der Waals surface area contributed by atoms with Gasteiger partial charge in [-0.05, 0) is 17.5 Å². The van der Waals surface area contributed by atoms with Crippen LogP contribution in [0.25, 0.3) is 10.8 Å². The smallest absolute Gasteiger partial charge is 0.270 e. The number of carbonyl (C=O) groups is 1. The summed E-state index contributed by atoms with van der Waals surface area (Å²) in [7, 11) is 0. The maximum atomic E-state index is 12.1. The molecular weight excluding hydrogens is 318 g/mol. The highest BCUT2D eigenvalue weighted by Crippen LogP contribution is 2.22. The molecule has 25 heavy (non-hydrogen) atoms. The summed E-state index contributed by atoms with van der Waals surface area (Å²) in [5.74, 6) is -0.330. The van der Waals surface area contributed by atoms with E-state index in [1.54, 1.807) is 6.07 Å². The van der Waals surface area contributed by atoms with Crippen molar-refractivity contribution in [3.05, 3.63) is 82.4 Å². The van der Waals surface area contributed by atoms with Crippen molar-refractivity contribution < 1.29 is 9.72 Å². The first kappa shape index (κ1) is 16.4. The van der Waals surface area contributed by atoms with Gasteiger partial charge in [-0.1, -0.05) is 42.5 Å². The highest BCUT2D eigenvalue weighted by atomic mass is 16.6. The van der Waals surface area contributed by atoms with E-state index in [0.29, 0.717) is 13.1 Å². The summed E-state index contributed by atoms with van der Waals surface area (Å²) in [6.45, 7) is 0.958. The van der Waals surface area contributed by atoms with Crippen molar-refractivity contribution in [1.82, 2.24) is 5.32 Å². The van der Waals surface area contributed by atoms with Gasteiger partial charge >= 0.3 is 0 Å². The Hall–Kier alpha value is -3.41. The molecule has 0 aliphatic rings. The first-order chi connectivity index (χ1) is 12.1. The number of benzene rings is 3. The van der Waals surface area contributed by atoms with Crippen LogP contribution in [0.5, 0.6) is 0 Å². The number of hydrogen-bond acceptors (Lipinski definition) is 4. The molecule has 2 N–H and O–H groups in total. The second-order valence-electron chi connectivity index (χ2n) is 5.52. The van der Waals surface area contributed by atoms with Gasteiger partial charge in [0, 0.05) is 41.9 Å². The van der Waals surface area contributed by atoms with Gasteiger partial charge in [0.1, 0.15) is 0 Å². The van der Waals surface area contributed by atoms with Crippen LogP contribution in [-0.2, 0) is 0 Å². The summed E-state index contributed by atoms with van der Waals surface area (Å²) in [6.07, 6.45) is 0. The zero-order chi connectivity index (χ0) is 17.6. The second-order valence-corrected chi connectivity index (χ2v) is 5.52. The van der Waals surface area contributed by atoms with E-state index in [-0.39, 0.29) is 17.2 Å². The number of rotatable bonds is 6. The van der Waals surface area contributed by atoms with Crippen molar-refractivity contribution in [3.63, 3.8) is 0 Å². The lowest BCUT2D eigenvalue weighted by Crippen LogP contribution is -2.28. The number of fused-ring (bicyclic) bond motifs is 1. The van der Waals surface area contributed by atoms with Crippen LogP contribution in [0.15, 0.2) is 66.7 Å². The zero-order valence-electron chi connectivity index (χ0n) is 13.4. The highest BCUT2D eigenvalue weighted by Gasteiger charge is 2.10. The Morgan fingerprint density at radius 3 is 2.56 bits per heavy atom. The average molecular weight is 335 g/mol. The van der Waals surface area contributed by atoms with Crippen molar-refractivity contribution in [2.45, 2.75) is 0 Å². The summed E-state index contributed by atoms with van der Waals surface area (Å²) < 4.78 is 0. The van der Waals surface area contributed by atoms with E-state index in [2.05, 4.69) is 10.6 Å². The topological polar surface area (TPSA) is 84.3 Å². The van der Waals surface area contributed by atoms with Crippen molar-refractivity contribution in [2.75, 3.05) is 18.4 Å². The predicted molar refractivity (Wildman–Crippen MR) is 97.9 cm³/mol. The Kier molecular flexibility index (Phi) is 4.89. The van der Waals surface area contributed by atoms with E-state index in [4.69, 9.17) is 0 Å². The second kappa shape index (κ2) is 7.44. The molecule has 0 atom stereocenters. The van der Waals surface area contributed by atoms with Crippen LogP contribution in [0.4, 0.5) is 11.4 Å². The number of anilines is 1. The summed E-state index contributed by atoms with van der Waals surface area (Å²) >= 11 is 0. The molecule has 3 rings (SSSR count). The van der Waals surface area contributed by atoms with Crippen LogP contribution in [-0.4, -0.2) is 23.9 Å². The van der Waals surface area contributed by atoms with Crippen LogP contribution in [0.2, 0.25) is 0 Å². The molecule has 3 aromatic rings. The van der Waals surface area contributed by atoms with Gasteiger partial charge in [0.15, 0.2) is 0 Å². The molecule has 0 spiro atoms. The molecule has 0 saturated heterocycles. The van der Waals surface area contributed by atoms with Gasteiger partial charge in [0.05, 0.1) is 4.92 Å². The number of nitro benzene ring substituents is 1. The standard InChI is InChI=1S/C19H17N3O3/c23-19(15-7-3-8-16(13-15)22(24)25)21-12-11-20-18-10-4-6-14-5-1-2-9-17(14)18/h1-10,13,20H,11-12H2,(H,21,23). The van der Waals surface area contributed by atoms with Gasteiger partial charge in [-0.3, -0.25) is 14.9 Å². The molecule has 0 aliphatic heterocycles. The molecule has 0 fully saturated rings. The monoisotopic (exact) mass is 335 g/mol. The maximum absolute atomic E-state index is 12.1. The lowest BCUT2D eigenvalue weighted by Gasteiger charge is -2.10. The quantitative estimate of drug-likeness (QED) is 0.409. The van der Waals surface area contributed by atoms with Crippen molar-refractivity contribution >= 4 is 28.1 Å². The molecule has 6 heteroatoms. The fourth-order valence-corrected chi connectivity index (χ4v) is 2.62. The normalized spacial score (nSPS) is 10.4. The fourth-order valence-electron chi connectivity index (χ4n) is 2.62. The third-order valence-corrected chi connectivity index (χ3v) is 3.83. The predicted octanol–water partition coefficient (Wildman–Crippen LogP) is 3.59. The Morgan fingerprint density at radius 1 is 0.960 bits per heavy atom. The molecule has 0 aromatic heterocycles. The van der Waals surface area contributed by atoms with Crippen LogP contribution in [0, 0.1) is 10.1 Å². The van der Waals surface area contributed by atoms with Crippen LogP contribution in [0.1, 0.15) is 10.4 Å². The van der Waals surface area contributed by atoms with Gasteiger partial charge in [-0.15, -0.1) is 0 Å². The Bertz CT molecular complexity index is 919. The highest BCUT2D eigenvalue weighted by molar-refractivity contribution is 5.95. The minimum Gasteiger partial charge on any atom is -0.383 e. The fraction of sp³-hybridized carbons (Fsp3) is 0.105. The van der Waals surface area contributed by atoms with Crippen LogP contribution >= 0.6 is 0 Å². The molecule has 0 bridgehead atoms. The Morgan fingerprint density at radius 2 is 1.72 bits per heavy atom. The molecule has 3 aromatic carbocycles. The van der Waals surface area contributed by atoms with Gasteiger partial charge in [-0.2, -0.15) is 0 Å². The lowest BCUT2D eigenvalue weighted by atomic mass is 10.1. The van der Waals surface area contributed by atoms with E-state index < -0.39 is 4.92 Å². The first-order valence-corrected chi connectivity index (χ1v) is 7.89. The maximum Gasteiger partial charge on any atom is 0.270 e. The third kappa shape index (κ3) is 3.92. The number of nitro groups is 1. The molecule has 0 unspecified atom stereocenters.